The largest absolute Gasteiger partial charge is 0.341 e. The molecule has 0 atom stereocenters. The second-order valence-electron chi connectivity index (χ2n) is 5.17. The Morgan fingerprint density at radius 3 is 2.95 bits per heavy atom. The fourth-order valence-corrected chi connectivity index (χ4v) is 2.74. The Morgan fingerprint density at radius 2 is 2.10 bits per heavy atom. The number of aromatic nitrogens is 2. The van der Waals surface area contributed by atoms with Gasteiger partial charge in [-0.3, -0.25) is 0 Å². The molecule has 1 fully saturated rings. The Hall–Kier alpha value is -1.08. The molecule has 0 saturated carbocycles. The van der Waals surface area contributed by atoms with Gasteiger partial charge in [-0.2, -0.15) is 0 Å². The summed E-state index contributed by atoms with van der Waals surface area (Å²) in [7, 11) is 0. The van der Waals surface area contributed by atoms with Crippen LogP contribution in [0.4, 0.5) is 5.95 Å². The summed E-state index contributed by atoms with van der Waals surface area (Å²) in [5.41, 5.74) is 2.31. The van der Waals surface area contributed by atoms with E-state index in [4.69, 9.17) is 4.98 Å². The van der Waals surface area contributed by atoms with Crippen LogP contribution >= 0.6 is 24.0 Å². The summed E-state index contributed by atoms with van der Waals surface area (Å²) in [6.45, 7) is 7.19. The third-order valence-electron chi connectivity index (χ3n) is 3.78. The SMILES string of the molecule is CC=CCn1c(N2CCCNCC2)nc2ccccc21.I. The maximum Gasteiger partial charge on any atom is 0.206 e. The first-order valence-corrected chi connectivity index (χ1v) is 7.42. The Morgan fingerprint density at radius 1 is 1.24 bits per heavy atom. The molecule has 4 nitrogen and oxygen atoms in total. The molecule has 0 unspecified atom stereocenters. The van der Waals surface area contributed by atoms with Gasteiger partial charge in [0, 0.05) is 26.2 Å². The molecule has 0 amide bonds. The summed E-state index contributed by atoms with van der Waals surface area (Å²) < 4.78 is 2.32. The zero-order chi connectivity index (χ0) is 13.8. The summed E-state index contributed by atoms with van der Waals surface area (Å²) in [6.07, 6.45) is 5.46. The number of nitrogens with one attached hydrogen (secondary N) is 1. The van der Waals surface area contributed by atoms with Gasteiger partial charge in [-0.25, -0.2) is 4.98 Å². The number of fused-ring (bicyclic) bond motifs is 1. The van der Waals surface area contributed by atoms with Crippen LogP contribution in [0.1, 0.15) is 13.3 Å². The van der Waals surface area contributed by atoms with Crippen LogP contribution in [0.5, 0.6) is 0 Å². The van der Waals surface area contributed by atoms with E-state index in [1.165, 1.54) is 11.9 Å². The number of allylic oxidation sites excluding steroid dienone is 2. The number of halogens is 1. The molecule has 3 rings (SSSR count). The van der Waals surface area contributed by atoms with E-state index in [2.05, 4.69) is 58.1 Å². The molecule has 1 saturated heterocycles. The Bertz CT molecular complexity index is 597. The van der Waals surface area contributed by atoms with E-state index in [-0.39, 0.29) is 24.0 Å². The highest BCUT2D eigenvalue weighted by Gasteiger charge is 2.17. The number of imidazole rings is 1. The zero-order valence-electron chi connectivity index (χ0n) is 12.5. The first-order valence-electron chi connectivity index (χ1n) is 7.42. The van der Waals surface area contributed by atoms with Crippen molar-refractivity contribution in [1.82, 2.24) is 14.9 Å². The van der Waals surface area contributed by atoms with E-state index < -0.39 is 0 Å². The summed E-state index contributed by atoms with van der Waals surface area (Å²) >= 11 is 0. The quantitative estimate of drug-likeness (QED) is 0.638. The van der Waals surface area contributed by atoms with Gasteiger partial charge < -0.3 is 14.8 Å². The summed E-state index contributed by atoms with van der Waals surface area (Å²) in [6, 6.07) is 8.40. The van der Waals surface area contributed by atoms with Crippen LogP contribution in [0.2, 0.25) is 0 Å². The molecule has 2 aromatic rings. The molecule has 1 aliphatic rings. The maximum absolute atomic E-state index is 4.86. The molecule has 0 bridgehead atoms. The first kappa shape index (κ1) is 16.3. The predicted molar refractivity (Wildman–Crippen MR) is 99.7 cm³/mol. The second-order valence-corrected chi connectivity index (χ2v) is 5.17. The average Bonchev–Trinajstić information content (AvgIpc) is 2.66. The third kappa shape index (κ3) is 3.58. The fraction of sp³-hybridized carbons (Fsp3) is 0.438. The lowest BCUT2D eigenvalue weighted by Crippen LogP contribution is -2.30. The van der Waals surface area contributed by atoms with Crippen LogP contribution in [-0.2, 0) is 6.54 Å². The van der Waals surface area contributed by atoms with Gasteiger partial charge in [0.15, 0.2) is 0 Å². The Kier molecular flexibility index (Phi) is 6.05. The lowest BCUT2D eigenvalue weighted by molar-refractivity contribution is 0.723. The number of para-hydroxylation sites is 2. The Balaban J connectivity index is 0.00000161. The summed E-state index contributed by atoms with van der Waals surface area (Å²) in [4.78, 5) is 7.26. The number of hydrogen-bond donors (Lipinski definition) is 1. The predicted octanol–water partition coefficient (Wildman–Crippen LogP) is 3.03. The lowest BCUT2D eigenvalue weighted by atomic mass is 10.3. The van der Waals surface area contributed by atoms with E-state index in [0.717, 1.165) is 44.2 Å². The van der Waals surface area contributed by atoms with E-state index >= 15 is 0 Å². The topological polar surface area (TPSA) is 33.1 Å². The average molecular weight is 398 g/mol. The zero-order valence-corrected chi connectivity index (χ0v) is 14.8. The minimum atomic E-state index is 0. The molecular formula is C16H23IN4. The van der Waals surface area contributed by atoms with Crippen LogP contribution in [0, 0.1) is 0 Å². The van der Waals surface area contributed by atoms with Crippen molar-refractivity contribution in [3.05, 3.63) is 36.4 Å². The van der Waals surface area contributed by atoms with Crippen molar-refractivity contribution in [1.29, 1.82) is 0 Å². The van der Waals surface area contributed by atoms with Crippen molar-refractivity contribution >= 4 is 41.0 Å². The van der Waals surface area contributed by atoms with Crippen molar-refractivity contribution in [3.8, 4) is 0 Å². The smallest absolute Gasteiger partial charge is 0.206 e. The maximum atomic E-state index is 4.86. The number of hydrogen-bond acceptors (Lipinski definition) is 3. The first-order chi connectivity index (χ1) is 9.90. The highest BCUT2D eigenvalue weighted by atomic mass is 127. The molecule has 21 heavy (non-hydrogen) atoms. The van der Waals surface area contributed by atoms with Crippen LogP contribution in [0.3, 0.4) is 0 Å². The van der Waals surface area contributed by atoms with Crippen molar-refractivity contribution in [2.75, 3.05) is 31.1 Å². The van der Waals surface area contributed by atoms with Crippen molar-refractivity contribution in [2.45, 2.75) is 19.9 Å². The molecule has 1 aromatic heterocycles. The number of benzene rings is 1. The number of anilines is 1. The molecule has 114 valence electrons. The second kappa shape index (κ2) is 7.79. The molecule has 0 radical (unpaired) electrons. The van der Waals surface area contributed by atoms with E-state index in [0.29, 0.717) is 0 Å². The van der Waals surface area contributed by atoms with Gasteiger partial charge in [0.1, 0.15) is 0 Å². The van der Waals surface area contributed by atoms with Gasteiger partial charge in [0.25, 0.3) is 0 Å². The van der Waals surface area contributed by atoms with Crippen molar-refractivity contribution < 1.29 is 0 Å². The van der Waals surface area contributed by atoms with Crippen molar-refractivity contribution in [3.63, 3.8) is 0 Å². The minimum absolute atomic E-state index is 0. The van der Waals surface area contributed by atoms with Gasteiger partial charge in [0.05, 0.1) is 11.0 Å². The molecule has 0 spiro atoms. The highest BCUT2D eigenvalue weighted by Crippen LogP contribution is 2.23. The highest BCUT2D eigenvalue weighted by molar-refractivity contribution is 14.0. The van der Waals surface area contributed by atoms with Crippen LogP contribution in [0.25, 0.3) is 11.0 Å². The molecular weight excluding hydrogens is 375 g/mol. The Labute approximate surface area is 143 Å². The standard InChI is InChI=1S/C16H22N4.HI/c1-2-3-12-20-15-8-5-4-7-14(15)18-16(20)19-11-6-9-17-10-13-19;/h2-5,7-8,17H,6,9-13H2,1H3;1H. The van der Waals surface area contributed by atoms with Gasteiger partial charge in [-0.1, -0.05) is 24.3 Å². The normalized spacial score (nSPS) is 16.1. The van der Waals surface area contributed by atoms with Gasteiger partial charge in [0.2, 0.25) is 5.95 Å². The third-order valence-corrected chi connectivity index (χ3v) is 3.78. The van der Waals surface area contributed by atoms with Gasteiger partial charge >= 0.3 is 0 Å². The fourth-order valence-electron chi connectivity index (χ4n) is 2.74. The van der Waals surface area contributed by atoms with Gasteiger partial charge in [-0.05, 0) is 32.0 Å². The monoisotopic (exact) mass is 398 g/mol. The number of rotatable bonds is 3. The lowest BCUT2D eigenvalue weighted by Gasteiger charge is -2.22. The van der Waals surface area contributed by atoms with E-state index in [9.17, 15) is 0 Å². The van der Waals surface area contributed by atoms with Crippen LogP contribution in [-0.4, -0.2) is 35.7 Å². The van der Waals surface area contributed by atoms with Crippen molar-refractivity contribution in [2.24, 2.45) is 0 Å². The van der Waals surface area contributed by atoms with E-state index in [1.54, 1.807) is 0 Å². The molecule has 1 N–H and O–H groups in total. The van der Waals surface area contributed by atoms with E-state index in [1.807, 2.05) is 0 Å². The summed E-state index contributed by atoms with van der Waals surface area (Å²) in [5.74, 6) is 1.10. The molecule has 0 aliphatic carbocycles. The molecule has 1 aromatic carbocycles. The van der Waals surface area contributed by atoms with Crippen LogP contribution in [0.15, 0.2) is 36.4 Å². The number of nitrogens with zero attached hydrogens (tertiary/aromatic N) is 3. The molecule has 1 aliphatic heterocycles. The van der Waals surface area contributed by atoms with Gasteiger partial charge in [-0.15, -0.1) is 24.0 Å². The minimum Gasteiger partial charge on any atom is -0.341 e. The molecule has 5 heteroatoms. The van der Waals surface area contributed by atoms with Crippen LogP contribution < -0.4 is 10.2 Å². The molecule has 2 heterocycles. The summed E-state index contributed by atoms with van der Waals surface area (Å²) in [5, 5.41) is 3.45.